The molecule has 0 aliphatic carbocycles. The summed E-state index contributed by atoms with van der Waals surface area (Å²) in [4.78, 5) is 29.8. The van der Waals surface area contributed by atoms with Crippen LogP contribution < -0.4 is 10.6 Å². The zero-order valence-corrected chi connectivity index (χ0v) is 21.6. The van der Waals surface area contributed by atoms with Crippen molar-refractivity contribution in [3.8, 4) is 0 Å². The van der Waals surface area contributed by atoms with Gasteiger partial charge in [0.15, 0.2) is 0 Å². The first-order valence-corrected chi connectivity index (χ1v) is 13.3. The second-order valence-electron chi connectivity index (χ2n) is 10.3. The molecule has 8 nitrogen and oxygen atoms in total. The van der Waals surface area contributed by atoms with E-state index < -0.39 is 0 Å². The van der Waals surface area contributed by atoms with Gasteiger partial charge in [0.05, 0.1) is 33.4 Å². The van der Waals surface area contributed by atoms with Crippen molar-refractivity contribution >= 4 is 55.3 Å². The van der Waals surface area contributed by atoms with Gasteiger partial charge in [-0.2, -0.15) is 5.10 Å². The van der Waals surface area contributed by atoms with Crippen LogP contribution in [0.5, 0.6) is 0 Å². The van der Waals surface area contributed by atoms with E-state index in [1.807, 2.05) is 96.0 Å². The van der Waals surface area contributed by atoms with Crippen molar-refractivity contribution in [1.29, 1.82) is 0 Å². The van der Waals surface area contributed by atoms with Crippen LogP contribution >= 0.6 is 0 Å². The summed E-state index contributed by atoms with van der Waals surface area (Å²) in [5.41, 5.74) is 5.64. The number of anilines is 1. The average molecular weight is 536 g/mol. The number of pyridine rings is 1. The molecule has 0 amide bonds. The van der Waals surface area contributed by atoms with E-state index in [1.165, 1.54) is 6.07 Å². The number of hydrogen-bond donors (Lipinski definition) is 0. The van der Waals surface area contributed by atoms with E-state index in [1.54, 1.807) is 16.5 Å². The molecule has 0 spiro atoms. The Balaban J connectivity index is 1.34. The molecule has 1 aliphatic rings. The van der Waals surface area contributed by atoms with Crippen molar-refractivity contribution in [3.05, 3.63) is 141 Å². The number of benzene rings is 5. The van der Waals surface area contributed by atoms with Gasteiger partial charge in [-0.3, -0.25) is 24.3 Å². The molecule has 2 aromatic heterocycles. The number of nitro benzene ring substituents is 1. The molecule has 41 heavy (non-hydrogen) atoms. The lowest BCUT2D eigenvalue weighted by Crippen LogP contribution is -2.18. The first-order valence-electron chi connectivity index (χ1n) is 13.3. The number of hydrazone groups is 1. The Labute approximate surface area is 232 Å². The molecule has 5 aromatic carbocycles. The number of rotatable bonds is 4. The van der Waals surface area contributed by atoms with Gasteiger partial charge in [-0.1, -0.05) is 66.7 Å². The van der Waals surface area contributed by atoms with E-state index >= 15 is 0 Å². The topological polar surface area (TPSA) is 93.1 Å². The largest absolute Gasteiger partial charge is 0.269 e. The van der Waals surface area contributed by atoms with Crippen LogP contribution in [0.4, 0.5) is 11.4 Å². The number of aromatic nitrogens is 2. The first kappa shape index (κ1) is 23.3. The fourth-order valence-electron chi connectivity index (χ4n) is 6.15. The van der Waals surface area contributed by atoms with Crippen molar-refractivity contribution in [3.63, 3.8) is 0 Å². The molecule has 0 N–H and O–H groups in total. The molecule has 196 valence electrons. The van der Waals surface area contributed by atoms with Crippen LogP contribution in [0.25, 0.3) is 38.2 Å². The maximum Gasteiger partial charge on any atom is 0.269 e. The summed E-state index contributed by atoms with van der Waals surface area (Å²) < 4.78 is 1.70. The standard InChI is InChI=1S/C33H21N5O3/c39-33-26-17-16-23(24-12-7-13-25(31(24)26)32-34-27-14-4-5-15-29(27)36(32)33)28-19-30(20-8-6-11-22(18-20)38(40)41)37(35-28)21-9-2-1-3-10-21/h1-18,30H,19H2/t30-/m0/s1. The Morgan fingerprint density at radius 1 is 0.805 bits per heavy atom. The molecular weight excluding hydrogens is 514 g/mol. The molecule has 1 atom stereocenters. The summed E-state index contributed by atoms with van der Waals surface area (Å²) in [6.07, 6.45) is 0.543. The van der Waals surface area contributed by atoms with Crippen LogP contribution in [0.2, 0.25) is 0 Å². The number of nitrogens with zero attached hydrogens (tertiary/aromatic N) is 5. The number of nitro groups is 1. The highest BCUT2D eigenvalue weighted by molar-refractivity contribution is 6.22. The Hall–Kier alpha value is -5.63. The van der Waals surface area contributed by atoms with Gasteiger partial charge >= 0.3 is 0 Å². The molecule has 8 heteroatoms. The van der Waals surface area contributed by atoms with E-state index in [4.69, 9.17) is 10.1 Å². The average Bonchev–Trinajstić information content (AvgIpc) is 3.63. The molecule has 0 saturated carbocycles. The Bertz CT molecular complexity index is 2260. The quantitative estimate of drug-likeness (QED) is 0.181. The summed E-state index contributed by atoms with van der Waals surface area (Å²) in [6, 6.07) is 33.9. The highest BCUT2D eigenvalue weighted by Crippen LogP contribution is 2.40. The number of non-ortho nitro benzene ring substituents is 1. The summed E-state index contributed by atoms with van der Waals surface area (Å²) in [5, 5.41) is 21.9. The minimum atomic E-state index is -0.371. The predicted octanol–water partition coefficient (Wildman–Crippen LogP) is 6.86. The van der Waals surface area contributed by atoms with Gasteiger partial charge in [-0.15, -0.1) is 0 Å². The van der Waals surface area contributed by atoms with Crippen LogP contribution in [0.15, 0.2) is 119 Å². The van der Waals surface area contributed by atoms with E-state index in [-0.39, 0.29) is 22.2 Å². The number of fused-ring (bicyclic) bond motifs is 4. The van der Waals surface area contributed by atoms with E-state index in [0.717, 1.165) is 49.7 Å². The van der Waals surface area contributed by atoms with Gasteiger partial charge in [0.1, 0.15) is 5.65 Å². The molecule has 0 fully saturated rings. The van der Waals surface area contributed by atoms with Crippen LogP contribution in [0.3, 0.4) is 0 Å². The minimum absolute atomic E-state index is 0.0481. The second kappa shape index (κ2) is 8.69. The number of para-hydroxylation sites is 3. The van der Waals surface area contributed by atoms with Gasteiger partial charge in [-0.05, 0) is 41.3 Å². The lowest BCUT2D eigenvalue weighted by molar-refractivity contribution is -0.384. The zero-order chi connectivity index (χ0) is 27.7. The van der Waals surface area contributed by atoms with Crippen molar-refractivity contribution in [2.45, 2.75) is 12.5 Å². The number of imidazole rings is 1. The highest BCUT2D eigenvalue weighted by Gasteiger charge is 2.32. The van der Waals surface area contributed by atoms with Gasteiger partial charge < -0.3 is 0 Å². The Morgan fingerprint density at radius 3 is 2.44 bits per heavy atom. The third-order valence-corrected chi connectivity index (χ3v) is 7.98. The lowest BCUT2D eigenvalue weighted by Gasteiger charge is -2.23. The molecule has 8 rings (SSSR count). The minimum Gasteiger partial charge on any atom is -0.268 e. The van der Waals surface area contributed by atoms with E-state index in [0.29, 0.717) is 17.5 Å². The molecule has 0 saturated heterocycles. The molecule has 0 radical (unpaired) electrons. The molecule has 0 unspecified atom stereocenters. The van der Waals surface area contributed by atoms with Gasteiger partial charge in [0.25, 0.3) is 11.2 Å². The normalized spacial score (nSPS) is 15.4. The maximum absolute atomic E-state index is 13.8. The summed E-state index contributed by atoms with van der Waals surface area (Å²) in [6.45, 7) is 0. The zero-order valence-electron chi connectivity index (χ0n) is 21.6. The van der Waals surface area contributed by atoms with Crippen molar-refractivity contribution in [2.24, 2.45) is 5.10 Å². The third-order valence-electron chi connectivity index (χ3n) is 7.98. The van der Waals surface area contributed by atoms with Crippen LogP contribution in [-0.2, 0) is 0 Å². The smallest absolute Gasteiger partial charge is 0.268 e. The Kier molecular flexibility index (Phi) is 4.93. The fourth-order valence-corrected chi connectivity index (χ4v) is 6.15. The molecular formula is C33H21N5O3. The molecule has 1 aliphatic heterocycles. The third kappa shape index (κ3) is 3.44. The highest BCUT2D eigenvalue weighted by atomic mass is 16.6. The summed E-state index contributed by atoms with van der Waals surface area (Å²) in [5.74, 6) is 0. The maximum atomic E-state index is 13.8. The molecule has 0 bridgehead atoms. The summed E-state index contributed by atoms with van der Waals surface area (Å²) >= 11 is 0. The molecule has 7 aromatic rings. The second-order valence-corrected chi connectivity index (χ2v) is 10.3. The van der Waals surface area contributed by atoms with Gasteiger partial charge in [0, 0.05) is 40.3 Å². The van der Waals surface area contributed by atoms with E-state index in [2.05, 4.69) is 0 Å². The predicted molar refractivity (Wildman–Crippen MR) is 161 cm³/mol. The van der Waals surface area contributed by atoms with Gasteiger partial charge in [-0.25, -0.2) is 4.98 Å². The van der Waals surface area contributed by atoms with Crippen LogP contribution in [-0.4, -0.2) is 20.0 Å². The number of hydrogen-bond acceptors (Lipinski definition) is 6. The van der Waals surface area contributed by atoms with Crippen LogP contribution in [0, 0.1) is 10.1 Å². The van der Waals surface area contributed by atoms with Crippen molar-refractivity contribution in [1.82, 2.24) is 9.38 Å². The van der Waals surface area contributed by atoms with Crippen molar-refractivity contribution < 1.29 is 4.92 Å². The lowest BCUT2D eigenvalue weighted by atomic mass is 9.92. The van der Waals surface area contributed by atoms with Crippen LogP contribution in [0.1, 0.15) is 23.6 Å². The summed E-state index contributed by atoms with van der Waals surface area (Å²) in [7, 11) is 0. The van der Waals surface area contributed by atoms with E-state index in [9.17, 15) is 14.9 Å². The molecule has 3 heterocycles. The van der Waals surface area contributed by atoms with Gasteiger partial charge in [0.2, 0.25) is 0 Å². The Morgan fingerprint density at radius 2 is 1.59 bits per heavy atom. The monoisotopic (exact) mass is 535 g/mol. The van der Waals surface area contributed by atoms with Crippen molar-refractivity contribution in [2.75, 3.05) is 5.01 Å². The first-order chi connectivity index (χ1) is 20.1. The fraction of sp³-hybridized carbons (Fsp3) is 0.0606. The SMILES string of the molecule is O=c1c2ccc(C3=NN(c4ccccc4)[C@H](c4cccc([N+](=O)[O-])c4)C3)c3cccc(c32)c2nc3ccccc3n12.